The van der Waals surface area contributed by atoms with Crippen molar-refractivity contribution < 1.29 is 8.42 Å². The molecule has 0 saturated heterocycles. The van der Waals surface area contributed by atoms with E-state index in [1.54, 1.807) is 24.3 Å². The van der Waals surface area contributed by atoms with Crippen LogP contribution in [-0.2, 0) is 23.0 Å². The molecule has 3 aromatic rings. The van der Waals surface area contributed by atoms with Crippen molar-refractivity contribution in [1.82, 2.24) is 20.3 Å². The third-order valence-electron chi connectivity index (χ3n) is 4.88. The Bertz CT molecular complexity index is 1120. The van der Waals surface area contributed by atoms with E-state index in [0.717, 1.165) is 36.6 Å². The van der Waals surface area contributed by atoms with E-state index in [4.69, 9.17) is 0 Å². The molecule has 1 aromatic heterocycles. The number of aromatic nitrogens is 1. The van der Waals surface area contributed by atoms with Gasteiger partial charge in [0, 0.05) is 30.2 Å². The van der Waals surface area contributed by atoms with E-state index in [-0.39, 0.29) is 4.90 Å². The zero-order valence-corrected chi connectivity index (χ0v) is 18.4. The fourth-order valence-electron chi connectivity index (χ4n) is 3.23. The van der Waals surface area contributed by atoms with E-state index in [2.05, 4.69) is 56.7 Å². The summed E-state index contributed by atoms with van der Waals surface area (Å²) in [4.78, 5) is 8.19. The van der Waals surface area contributed by atoms with Crippen molar-refractivity contribution in [2.75, 3.05) is 20.1 Å². The molecule has 8 heteroatoms. The number of H-pyrrole nitrogens is 1. The van der Waals surface area contributed by atoms with Crippen LogP contribution in [0.1, 0.15) is 23.6 Å². The molecule has 0 aliphatic heterocycles. The minimum absolute atomic E-state index is 0.247. The van der Waals surface area contributed by atoms with Crippen LogP contribution < -0.4 is 15.4 Å². The van der Waals surface area contributed by atoms with Crippen LogP contribution in [0.5, 0.6) is 0 Å². The molecule has 2 aromatic carbocycles. The molecule has 0 atom stereocenters. The van der Waals surface area contributed by atoms with Crippen LogP contribution in [0.3, 0.4) is 0 Å². The number of nitrogens with zero attached hydrogens (tertiary/aromatic N) is 1. The first-order chi connectivity index (χ1) is 14.4. The van der Waals surface area contributed by atoms with Gasteiger partial charge < -0.3 is 15.6 Å². The second kappa shape index (κ2) is 9.77. The Labute approximate surface area is 178 Å². The van der Waals surface area contributed by atoms with Gasteiger partial charge in [0.25, 0.3) is 0 Å². The Balaban J connectivity index is 1.60. The zero-order chi connectivity index (χ0) is 21.6. The van der Waals surface area contributed by atoms with Gasteiger partial charge in [-0.2, -0.15) is 0 Å². The fraction of sp³-hybridized carbons (Fsp3) is 0.318. The summed E-state index contributed by atoms with van der Waals surface area (Å²) in [5.41, 5.74) is 4.62. The van der Waals surface area contributed by atoms with Crippen LogP contribution >= 0.6 is 0 Å². The first kappa shape index (κ1) is 21.9. The lowest BCUT2D eigenvalue weighted by atomic mass is 10.1. The molecular weight excluding hydrogens is 398 g/mol. The Hall–Kier alpha value is -2.84. The van der Waals surface area contributed by atoms with E-state index >= 15 is 0 Å². The highest BCUT2D eigenvalue weighted by molar-refractivity contribution is 7.89. The molecule has 0 fully saturated rings. The molecule has 0 aliphatic rings. The number of hydrogen-bond donors (Lipinski definition) is 4. The number of aromatic amines is 1. The predicted octanol–water partition coefficient (Wildman–Crippen LogP) is 2.68. The molecule has 4 N–H and O–H groups in total. The van der Waals surface area contributed by atoms with E-state index in [0.29, 0.717) is 6.54 Å². The van der Waals surface area contributed by atoms with Gasteiger partial charge in [-0.3, -0.25) is 0 Å². The normalized spacial score (nSPS) is 12.3. The predicted molar refractivity (Wildman–Crippen MR) is 122 cm³/mol. The highest BCUT2D eigenvalue weighted by Gasteiger charge is 2.10. The van der Waals surface area contributed by atoms with Crippen molar-refractivity contribution >= 4 is 26.9 Å². The van der Waals surface area contributed by atoms with Crippen molar-refractivity contribution in [3.63, 3.8) is 0 Å². The lowest BCUT2D eigenvalue weighted by Gasteiger charge is -2.11. The lowest BCUT2D eigenvalue weighted by molar-refractivity contribution is 0.588. The van der Waals surface area contributed by atoms with Crippen LogP contribution in [-0.4, -0.2) is 39.5 Å². The largest absolute Gasteiger partial charge is 0.361 e. The summed E-state index contributed by atoms with van der Waals surface area (Å²) in [7, 11) is -2.02. The minimum Gasteiger partial charge on any atom is -0.361 e. The standard InChI is InChI=1S/C22H29N5O2S/c1-4-24-22(27-14-17-6-8-19(9-7-17)30(28,29)23-3)25-12-11-18-15-26-21-13-16(2)5-10-20(18)21/h5-10,13,15,23,26H,4,11-12,14H2,1-3H3,(H2,24,25,27). The van der Waals surface area contributed by atoms with Gasteiger partial charge in [0.05, 0.1) is 11.4 Å². The van der Waals surface area contributed by atoms with Crippen molar-refractivity contribution in [1.29, 1.82) is 0 Å². The van der Waals surface area contributed by atoms with Crippen LogP contribution in [0.15, 0.2) is 58.5 Å². The zero-order valence-electron chi connectivity index (χ0n) is 17.6. The van der Waals surface area contributed by atoms with Crippen molar-refractivity contribution in [2.45, 2.75) is 31.7 Å². The Morgan fingerprint density at radius 3 is 2.57 bits per heavy atom. The number of aliphatic imine (C=N–C) groups is 1. The summed E-state index contributed by atoms with van der Waals surface area (Å²) in [6, 6.07) is 13.2. The second-order valence-electron chi connectivity index (χ2n) is 7.09. The molecule has 0 amide bonds. The third kappa shape index (κ3) is 5.40. The lowest BCUT2D eigenvalue weighted by Crippen LogP contribution is -2.38. The number of benzene rings is 2. The SMILES string of the molecule is CCNC(=NCc1ccc(S(=O)(=O)NC)cc1)NCCc1c[nH]c2cc(C)ccc12. The first-order valence-electron chi connectivity index (χ1n) is 10.0. The van der Waals surface area contributed by atoms with E-state index in [1.165, 1.54) is 23.6 Å². The molecule has 0 saturated carbocycles. The Kier molecular flexibility index (Phi) is 7.12. The summed E-state index contributed by atoms with van der Waals surface area (Å²) < 4.78 is 25.9. The van der Waals surface area contributed by atoms with Crippen molar-refractivity contribution in [2.24, 2.45) is 4.99 Å². The number of aryl methyl sites for hydroxylation is 1. The minimum atomic E-state index is -3.42. The summed E-state index contributed by atoms with van der Waals surface area (Å²) in [5.74, 6) is 0.736. The highest BCUT2D eigenvalue weighted by atomic mass is 32.2. The summed E-state index contributed by atoms with van der Waals surface area (Å²) in [5, 5.41) is 7.87. The third-order valence-corrected chi connectivity index (χ3v) is 6.31. The molecule has 30 heavy (non-hydrogen) atoms. The maximum Gasteiger partial charge on any atom is 0.240 e. The summed E-state index contributed by atoms with van der Waals surface area (Å²) >= 11 is 0. The Morgan fingerprint density at radius 2 is 1.87 bits per heavy atom. The Morgan fingerprint density at radius 1 is 1.10 bits per heavy atom. The average Bonchev–Trinajstić information content (AvgIpc) is 3.14. The molecule has 7 nitrogen and oxygen atoms in total. The monoisotopic (exact) mass is 427 g/mol. The molecule has 160 valence electrons. The van der Waals surface area contributed by atoms with Gasteiger partial charge >= 0.3 is 0 Å². The summed E-state index contributed by atoms with van der Waals surface area (Å²) in [6.07, 6.45) is 2.95. The van der Waals surface area contributed by atoms with Gasteiger partial charge in [-0.25, -0.2) is 18.1 Å². The van der Waals surface area contributed by atoms with Gasteiger partial charge in [-0.15, -0.1) is 0 Å². The number of hydrogen-bond acceptors (Lipinski definition) is 3. The number of rotatable bonds is 8. The molecule has 0 bridgehead atoms. The van der Waals surface area contributed by atoms with Gasteiger partial charge in [0.2, 0.25) is 10.0 Å². The number of guanidine groups is 1. The van der Waals surface area contributed by atoms with Crippen molar-refractivity contribution in [3.8, 4) is 0 Å². The smallest absolute Gasteiger partial charge is 0.240 e. The van der Waals surface area contributed by atoms with Crippen LogP contribution in [0.4, 0.5) is 0 Å². The molecular formula is C22H29N5O2S. The molecule has 0 unspecified atom stereocenters. The molecule has 0 spiro atoms. The fourth-order valence-corrected chi connectivity index (χ4v) is 3.96. The first-order valence-corrected chi connectivity index (χ1v) is 11.5. The molecule has 3 rings (SSSR count). The van der Waals surface area contributed by atoms with E-state index in [9.17, 15) is 8.42 Å². The van der Waals surface area contributed by atoms with E-state index in [1.807, 2.05) is 6.92 Å². The average molecular weight is 428 g/mol. The van der Waals surface area contributed by atoms with Crippen molar-refractivity contribution in [3.05, 3.63) is 65.4 Å². The molecule has 0 radical (unpaired) electrons. The van der Waals surface area contributed by atoms with Crippen LogP contribution in [0.25, 0.3) is 10.9 Å². The van der Waals surface area contributed by atoms with Crippen LogP contribution in [0, 0.1) is 6.92 Å². The maximum absolute atomic E-state index is 11.8. The number of sulfonamides is 1. The topological polar surface area (TPSA) is 98.4 Å². The van der Waals surface area contributed by atoms with Gasteiger partial charge in [-0.05, 0) is 62.2 Å². The maximum atomic E-state index is 11.8. The quantitative estimate of drug-likeness (QED) is 0.328. The van der Waals surface area contributed by atoms with Gasteiger partial charge in [0.1, 0.15) is 0 Å². The number of fused-ring (bicyclic) bond motifs is 1. The second-order valence-corrected chi connectivity index (χ2v) is 8.97. The van der Waals surface area contributed by atoms with Gasteiger partial charge in [-0.1, -0.05) is 24.3 Å². The van der Waals surface area contributed by atoms with Crippen LogP contribution in [0.2, 0.25) is 0 Å². The summed E-state index contributed by atoms with van der Waals surface area (Å²) in [6.45, 7) is 6.09. The van der Waals surface area contributed by atoms with Gasteiger partial charge in [0.15, 0.2) is 5.96 Å². The molecule has 0 aliphatic carbocycles. The van der Waals surface area contributed by atoms with E-state index < -0.39 is 10.0 Å². The number of nitrogens with one attached hydrogen (secondary N) is 4. The molecule has 1 heterocycles. The highest BCUT2D eigenvalue weighted by Crippen LogP contribution is 2.19.